The molecule has 2 rings (SSSR count). The van der Waals surface area contributed by atoms with Crippen molar-refractivity contribution < 1.29 is 19.3 Å². The van der Waals surface area contributed by atoms with Crippen LogP contribution in [0.3, 0.4) is 0 Å². The van der Waals surface area contributed by atoms with Crippen molar-refractivity contribution in [3.63, 3.8) is 0 Å². The van der Waals surface area contributed by atoms with Crippen LogP contribution in [0.15, 0.2) is 18.2 Å². The maximum Gasteiger partial charge on any atom is 0.130 e. The van der Waals surface area contributed by atoms with E-state index in [-0.39, 0.29) is 24.9 Å². The van der Waals surface area contributed by atoms with Gasteiger partial charge in [-0.05, 0) is 18.6 Å². The van der Waals surface area contributed by atoms with Crippen molar-refractivity contribution in [2.24, 2.45) is 5.92 Å². The fourth-order valence-corrected chi connectivity index (χ4v) is 1.87. The Morgan fingerprint density at radius 2 is 2.13 bits per heavy atom. The summed E-state index contributed by atoms with van der Waals surface area (Å²) in [5.41, 5.74) is 0.487. The van der Waals surface area contributed by atoms with E-state index in [9.17, 15) is 4.39 Å². The lowest BCUT2D eigenvalue weighted by Gasteiger charge is -2.31. The second kappa shape index (κ2) is 4.16. The SMILES string of the molecule is OC[C@H]1Cc2c(F)cccc2O[C@@H]1CO. The Bertz CT molecular complexity index is 354. The van der Waals surface area contributed by atoms with Crippen molar-refractivity contribution in [3.8, 4) is 5.75 Å². The molecule has 3 nitrogen and oxygen atoms in total. The van der Waals surface area contributed by atoms with E-state index in [1.807, 2.05) is 0 Å². The first-order valence-corrected chi connectivity index (χ1v) is 4.92. The number of hydrogen-bond acceptors (Lipinski definition) is 3. The molecule has 0 saturated heterocycles. The second-order valence-electron chi connectivity index (χ2n) is 3.70. The molecule has 1 heterocycles. The molecule has 0 radical (unpaired) electrons. The van der Waals surface area contributed by atoms with Crippen molar-refractivity contribution in [1.82, 2.24) is 0 Å². The maximum atomic E-state index is 13.4. The molecule has 0 unspecified atom stereocenters. The lowest BCUT2D eigenvalue weighted by atomic mass is 9.91. The average Bonchev–Trinajstić information content (AvgIpc) is 2.28. The third-order valence-electron chi connectivity index (χ3n) is 2.76. The van der Waals surface area contributed by atoms with Gasteiger partial charge in [0.25, 0.3) is 0 Å². The summed E-state index contributed by atoms with van der Waals surface area (Å²) in [7, 11) is 0. The highest BCUT2D eigenvalue weighted by Crippen LogP contribution is 2.32. The molecule has 1 aromatic rings. The van der Waals surface area contributed by atoms with Gasteiger partial charge in [0.2, 0.25) is 0 Å². The molecular weight excluding hydrogens is 199 g/mol. The van der Waals surface area contributed by atoms with Crippen molar-refractivity contribution in [1.29, 1.82) is 0 Å². The Labute approximate surface area is 87.1 Å². The second-order valence-corrected chi connectivity index (χ2v) is 3.70. The molecular formula is C11H13FO3. The third kappa shape index (κ3) is 1.82. The molecule has 15 heavy (non-hydrogen) atoms. The van der Waals surface area contributed by atoms with Gasteiger partial charge in [-0.15, -0.1) is 0 Å². The van der Waals surface area contributed by atoms with Crippen molar-refractivity contribution in [2.45, 2.75) is 12.5 Å². The standard InChI is InChI=1S/C11H13FO3/c12-9-2-1-3-10-8(9)4-7(5-13)11(6-14)15-10/h1-3,7,11,13-14H,4-6H2/t7-,11-/m1/s1. The summed E-state index contributed by atoms with van der Waals surface area (Å²) in [5.74, 6) is -0.0829. The quantitative estimate of drug-likeness (QED) is 0.759. The van der Waals surface area contributed by atoms with Crippen LogP contribution in [-0.4, -0.2) is 29.5 Å². The van der Waals surface area contributed by atoms with Gasteiger partial charge >= 0.3 is 0 Å². The van der Waals surface area contributed by atoms with Crippen LogP contribution < -0.4 is 4.74 Å². The topological polar surface area (TPSA) is 49.7 Å². The Morgan fingerprint density at radius 1 is 1.33 bits per heavy atom. The molecule has 0 aromatic heterocycles. The number of halogens is 1. The highest BCUT2D eigenvalue weighted by molar-refractivity contribution is 5.37. The Hall–Kier alpha value is -1.13. The van der Waals surface area contributed by atoms with E-state index in [2.05, 4.69) is 0 Å². The molecule has 1 aromatic carbocycles. The summed E-state index contributed by atoms with van der Waals surface area (Å²) in [6.45, 7) is -0.278. The predicted molar refractivity (Wildman–Crippen MR) is 52.2 cm³/mol. The van der Waals surface area contributed by atoms with Gasteiger partial charge in [0.05, 0.1) is 6.61 Å². The minimum absolute atomic E-state index is 0.112. The molecule has 2 atom stereocenters. The van der Waals surface area contributed by atoms with Gasteiger partial charge in [-0.3, -0.25) is 0 Å². The number of hydrogen-bond donors (Lipinski definition) is 2. The van der Waals surface area contributed by atoms with Gasteiger partial charge in [-0.1, -0.05) is 6.07 Å². The molecule has 0 amide bonds. The molecule has 1 aliphatic heterocycles. The van der Waals surface area contributed by atoms with E-state index in [0.29, 0.717) is 17.7 Å². The van der Waals surface area contributed by atoms with E-state index in [1.54, 1.807) is 12.1 Å². The Morgan fingerprint density at radius 3 is 2.80 bits per heavy atom. The van der Waals surface area contributed by atoms with Gasteiger partial charge < -0.3 is 14.9 Å². The largest absolute Gasteiger partial charge is 0.487 e. The first-order valence-electron chi connectivity index (χ1n) is 4.92. The number of fused-ring (bicyclic) bond motifs is 1. The minimum Gasteiger partial charge on any atom is -0.487 e. The van der Waals surface area contributed by atoms with Crippen LogP contribution in [0.25, 0.3) is 0 Å². The van der Waals surface area contributed by atoms with Crippen LogP contribution in [0, 0.1) is 11.7 Å². The number of aliphatic hydroxyl groups excluding tert-OH is 2. The highest BCUT2D eigenvalue weighted by Gasteiger charge is 2.30. The monoisotopic (exact) mass is 212 g/mol. The number of ether oxygens (including phenoxy) is 1. The van der Waals surface area contributed by atoms with E-state index in [0.717, 1.165) is 0 Å². The molecule has 2 N–H and O–H groups in total. The van der Waals surface area contributed by atoms with Crippen molar-refractivity contribution >= 4 is 0 Å². The molecule has 0 saturated carbocycles. The number of aliphatic hydroxyl groups is 2. The van der Waals surface area contributed by atoms with Crippen LogP contribution in [0.1, 0.15) is 5.56 Å². The lowest BCUT2D eigenvalue weighted by molar-refractivity contribution is 0.0267. The number of rotatable bonds is 2. The van der Waals surface area contributed by atoms with Crippen molar-refractivity contribution in [2.75, 3.05) is 13.2 Å². The van der Waals surface area contributed by atoms with Gasteiger partial charge in [-0.25, -0.2) is 4.39 Å². The van der Waals surface area contributed by atoms with Gasteiger partial charge in [-0.2, -0.15) is 0 Å². The lowest BCUT2D eigenvalue weighted by Crippen LogP contribution is -2.38. The van der Waals surface area contributed by atoms with Crippen molar-refractivity contribution in [3.05, 3.63) is 29.6 Å². The van der Waals surface area contributed by atoms with Crippen LogP contribution >= 0.6 is 0 Å². The zero-order valence-corrected chi connectivity index (χ0v) is 8.19. The maximum absolute atomic E-state index is 13.4. The zero-order valence-electron chi connectivity index (χ0n) is 8.19. The fraction of sp³-hybridized carbons (Fsp3) is 0.455. The summed E-state index contributed by atoms with van der Waals surface area (Å²) in [5, 5.41) is 18.2. The minimum atomic E-state index is -0.440. The Kier molecular flexibility index (Phi) is 2.88. The van der Waals surface area contributed by atoms with E-state index in [1.165, 1.54) is 6.07 Å². The molecule has 0 spiro atoms. The van der Waals surface area contributed by atoms with E-state index < -0.39 is 6.10 Å². The van der Waals surface area contributed by atoms with E-state index in [4.69, 9.17) is 14.9 Å². The zero-order chi connectivity index (χ0) is 10.8. The highest BCUT2D eigenvalue weighted by atomic mass is 19.1. The smallest absolute Gasteiger partial charge is 0.130 e. The van der Waals surface area contributed by atoms with Crippen LogP contribution in [0.2, 0.25) is 0 Å². The summed E-state index contributed by atoms with van der Waals surface area (Å²) >= 11 is 0. The third-order valence-corrected chi connectivity index (χ3v) is 2.76. The van der Waals surface area contributed by atoms with Gasteiger partial charge in [0, 0.05) is 18.1 Å². The van der Waals surface area contributed by atoms with Crippen LogP contribution in [0.4, 0.5) is 4.39 Å². The van der Waals surface area contributed by atoms with Crippen LogP contribution in [-0.2, 0) is 6.42 Å². The molecule has 82 valence electrons. The van der Waals surface area contributed by atoms with Gasteiger partial charge in [0.1, 0.15) is 17.7 Å². The molecule has 0 bridgehead atoms. The average molecular weight is 212 g/mol. The molecule has 1 aliphatic rings. The number of benzene rings is 1. The summed E-state index contributed by atoms with van der Waals surface area (Å²) < 4.78 is 18.8. The summed E-state index contributed by atoms with van der Waals surface area (Å²) in [4.78, 5) is 0. The Balaban J connectivity index is 2.33. The van der Waals surface area contributed by atoms with Gasteiger partial charge in [0.15, 0.2) is 0 Å². The van der Waals surface area contributed by atoms with Crippen LogP contribution in [0.5, 0.6) is 5.75 Å². The summed E-state index contributed by atoms with van der Waals surface area (Å²) in [6, 6.07) is 4.62. The predicted octanol–water partition coefficient (Wildman–Crippen LogP) is 0.730. The molecule has 4 heteroatoms. The molecule has 0 fully saturated rings. The normalized spacial score (nSPS) is 24.5. The fourth-order valence-electron chi connectivity index (χ4n) is 1.87. The summed E-state index contributed by atoms with van der Waals surface area (Å²) in [6.07, 6.45) is -0.0340. The first-order chi connectivity index (χ1) is 7.26. The first kappa shape index (κ1) is 10.4. The van der Waals surface area contributed by atoms with E-state index >= 15 is 0 Å². The molecule has 0 aliphatic carbocycles.